The third kappa shape index (κ3) is 4.34. The zero-order chi connectivity index (χ0) is 22.7. The summed E-state index contributed by atoms with van der Waals surface area (Å²) in [7, 11) is 1.46. The molecular formula is C23H24ClN3O5. The highest BCUT2D eigenvalue weighted by molar-refractivity contribution is 6.46. The number of rotatable bonds is 6. The lowest BCUT2D eigenvalue weighted by Crippen LogP contribution is -2.42. The van der Waals surface area contributed by atoms with E-state index in [1.807, 2.05) is 0 Å². The number of nitrogens with zero attached hydrogens (tertiary/aromatic N) is 3. The number of carbonyl (C=O) groups excluding carboxylic acids is 2. The number of carbonyl (C=O) groups is 2. The molecule has 1 aromatic heterocycles. The molecule has 1 atom stereocenters. The van der Waals surface area contributed by atoms with Crippen LogP contribution in [0.2, 0.25) is 5.02 Å². The Balaban J connectivity index is 1.76. The van der Waals surface area contributed by atoms with Gasteiger partial charge in [-0.25, -0.2) is 0 Å². The van der Waals surface area contributed by atoms with Gasteiger partial charge in [-0.2, -0.15) is 0 Å². The van der Waals surface area contributed by atoms with Crippen molar-refractivity contribution in [2.75, 3.05) is 46.5 Å². The molecule has 2 aliphatic heterocycles. The molecule has 1 amide bonds. The Morgan fingerprint density at radius 2 is 2.00 bits per heavy atom. The number of morpholine rings is 1. The van der Waals surface area contributed by atoms with Gasteiger partial charge in [0, 0.05) is 37.4 Å². The van der Waals surface area contributed by atoms with E-state index in [1.54, 1.807) is 36.5 Å². The first kappa shape index (κ1) is 22.3. The van der Waals surface area contributed by atoms with Crippen LogP contribution in [0.1, 0.15) is 17.3 Å². The molecule has 0 bridgehead atoms. The molecular weight excluding hydrogens is 434 g/mol. The van der Waals surface area contributed by atoms with Crippen LogP contribution in [0.5, 0.6) is 5.75 Å². The fourth-order valence-electron chi connectivity index (χ4n) is 4.04. The molecule has 2 aliphatic rings. The van der Waals surface area contributed by atoms with E-state index in [1.165, 1.54) is 18.1 Å². The average molecular weight is 458 g/mol. The van der Waals surface area contributed by atoms with Gasteiger partial charge >= 0.3 is 0 Å². The van der Waals surface area contributed by atoms with Crippen LogP contribution in [-0.4, -0.2) is 78.1 Å². The van der Waals surface area contributed by atoms with Gasteiger partial charge < -0.3 is 19.5 Å². The fourth-order valence-corrected chi connectivity index (χ4v) is 4.21. The first-order chi connectivity index (χ1) is 15.5. The number of hydrogen-bond donors (Lipinski definition) is 1. The van der Waals surface area contributed by atoms with Gasteiger partial charge in [-0.15, -0.1) is 0 Å². The van der Waals surface area contributed by atoms with Gasteiger partial charge in [0.2, 0.25) is 0 Å². The molecule has 1 aromatic carbocycles. The lowest BCUT2D eigenvalue weighted by atomic mass is 9.98. The molecule has 8 nitrogen and oxygen atoms in total. The standard InChI is InChI=1S/C23H24ClN3O5/c1-31-18-6-5-15(24)14-16(18)21(28)19-20(17-4-2-3-7-25-17)27(23(30)22(19)29)9-8-26-10-12-32-13-11-26/h2-7,14,20,28H,8-13H2,1H3/b21-19+. The van der Waals surface area contributed by atoms with Crippen LogP contribution in [-0.2, 0) is 14.3 Å². The number of methoxy groups -OCH3 is 1. The van der Waals surface area contributed by atoms with Crippen LogP contribution >= 0.6 is 11.6 Å². The second-order valence-corrected chi connectivity index (χ2v) is 7.98. The summed E-state index contributed by atoms with van der Waals surface area (Å²) in [6.45, 7) is 3.69. The molecule has 2 saturated heterocycles. The SMILES string of the molecule is COc1ccc(Cl)cc1/C(O)=C1\C(=O)C(=O)N(CCN2CCOCC2)C1c1ccccn1. The summed E-state index contributed by atoms with van der Waals surface area (Å²) in [4.78, 5) is 34.2. The van der Waals surface area contributed by atoms with Crippen molar-refractivity contribution in [1.29, 1.82) is 0 Å². The highest BCUT2D eigenvalue weighted by Crippen LogP contribution is 2.40. The lowest BCUT2D eigenvalue weighted by molar-refractivity contribution is -0.140. The minimum Gasteiger partial charge on any atom is -0.507 e. The van der Waals surface area contributed by atoms with E-state index in [0.717, 1.165) is 13.1 Å². The number of ether oxygens (including phenoxy) is 2. The number of aliphatic hydroxyl groups excluding tert-OH is 1. The normalized spacial score (nSPS) is 21.2. The number of hydrogen-bond acceptors (Lipinski definition) is 7. The molecule has 168 valence electrons. The molecule has 1 unspecified atom stereocenters. The number of Topliss-reactive ketones (excluding diaryl/α,β-unsaturated/α-hetero) is 1. The first-order valence-electron chi connectivity index (χ1n) is 10.3. The molecule has 9 heteroatoms. The van der Waals surface area contributed by atoms with Crippen LogP contribution in [0.15, 0.2) is 48.2 Å². The van der Waals surface area contributed by atoms with Crippen LogP contribution < -0.4 is 4.74 Å². The van der Waals surface area contributed by atoms with Crippen molar-refractivity contribution in [3.05, 3.63) is 64.4 Å². The summed E-state index contributed by atoms with van der Waals surface area (Å²) in [5, 5.41) is 11.6. The number of ketones is 1. The molecule has 32 heavy (non-hydrogen) atoms. The van der Waals surface area contributed by atoms with E-state index in [-0.39, 0.29) is 16.9 Å². The Bertz CT molecular complexity index is 1040. The molecule has 3 heterocycles. The van der Waals surface area contributed by atoms with Crippen LogP contribution in [0.25, 0.3) is 5.76 Å². The quantitative estimate of drug-likeness (QED) is 0.404. The van der Waals surface area contributed by atoms with Crippen LogP contribution in [0.4, 0.5) is 0 Å². The zero-order valence-electron chi connectivity index (χ0n) is 17.7. The maximum absolute atomic E-state index is 13.1. The average Bonchev–Trinajstić information content (AvgIpc) is 3.08. The number of halogens is 1. The second kappa shape index (κ2) is 9.68. The highest BCUT2D eigenvalue weighted by Gasteiger charge is 2.47. The van der Waals surface area contributed by atoms with Crippen molar-refractivity contribution in [3.63, 3.8) is 0 Å². The predicted molar refractivity (Wildman–Crippen MR) is 119 cm³/mol. The Hall–Kier alpha value is -2.94. The van der Waals surface area contributed by atoms with Gasteiger partial charge in [0.05, 0.1) is 37.2 Å². The van der Waals surface area contributed by atoms with E-state index in [2.05, 4.69) is 9.88 Å². The third-order valence-electron chi connectivity index (χ3n) is 5.69. The molecule has 0 radical (unpaired) electrons. The number of aromatic nitrogens is 1. The molecule has 2 fully saturated rings. The molecule has 0 saturated carbocycles. The summed E-state index contributed by atoms with van der Waals surface area (Å²) in [5.74, 6) is -1.43. The van der Waals surface area contributed by atoms with Gasteiger partial charge in [0.15, 0.2) is 0 Å². The van der Waals surface area contributed by atoms with Crippen molar-refractivity contribution in [1.82, 2.24) is 14.8 Å². The molecule has 0 aliphatic carbocycles. The van der Waals surface area contributed by atoms with Crippen LogP contribution in [0.3, 0.4) is 0 Å². The molecule has 4 rings (SSSR count). The maximum Gasteiger partial charge on any atom is 0.295 e. The van der Waals surface area contributed by atoms with Gasteiger partial charge in [-0.05, 0) is 30.3 Å². The summed E-state index contributed by atoms with van der Waals surface area (Å²) in [6, 6.07) is 9.18. The Morgan fingerprint density at radius 3 is 2.69 bits per heavy atom. The number of amides is 1. The summed E-state index contributed by atoms with van der Waals surface area (Å²) < 4.78 is 10.7. The van der Waals surface area contributed by atoms with E-state index in [4.69, 9.17) is 21.1 Å². The van der Waals surface area contributed by atoms with Crippen molar-refractivity contribution in [2.45, 2.75) is 6.04 Å². The van der Waals surface area contributed by atoms with Crippen LogP contribution in [0, 0.1) is 0 Å². The molecule has 2 aromatic rings. The third-order valence-corrected chi connectivity index (χ3v) is 5.92. The number of likely N-dealkylation sites (tertiary alicyclic amines) is 1. The van der Waals surface area contributed by atoms with E-state index >= 15 is 0 Å². The smallest absolute Gasteiger partial charge is 0.295 e. The lowest BCUT2D eigenvalue weighted by Gasteiger charge is -2.30. The van der Waals surface area contributed by atoms with Crippen molar-refractivity contribution >= 4 is 29.1 Å². The highest BCUT2D eigenvalue weighted by atomic mass is 35.5. The second-order valence-electron chi connectivity index (χ2n) is 7.55. The first-order valence-corrected chi connectivity index (χ1v) is 10.7. The Morgan fingerprint density at radius 1 is 1.22 bits per heavy atom. The monoisotopic (exact) mass is 457 g/mol. The number of aliphatic hydroxyl groups is 1. The summed E-state index contributed by atoms with van der Waals surface area (Å²) in [6.07, 6.45) is 1.59. The maximum atomic E-state index is 13.1. The topological polar surface area (TPSA) is 92.2 Å². The van der Waals surface area contributed by atoms with Crippen molar-refractivity contribution in [3.8, 4) is 5.75 Å². The Kier molecular flexibility index (Phi) is 6.74. The van der Waals surface area contributed by atoms with Gasteiger partial charge in [0.1, 0.15) is 17.6 Å². The van der Waals surface area contributed by atoms with E-state index < -0.39 is 17.7 Å². The Labute approximate surface area is 191 Å². The summed E-state index contributed by atoms with van der Waals surface area (Å²) >= 11 is 6.13. The molecule has 0 spiro atoms. The summed E-state index contributed by atoms with van der Waals surface area (Å²) in [5.41, 5.74) is 0.708. The largest absolute Gasteiger partial charge is 0.507 e. The molecule has 1 N–H and O–H groups in total. The van der Waals surface area contributed by atoms with E-state index in [9.17, 15) is 14.7 Å². The van der Waals surface area contributed by atoms with Crippen molar-refractivity contribution in [2.24, 2.45) is 0 Å². The zero-order valence-corrected chi connectivity index (χ0v) is 18.4. The van der Waals surface area contributed by atoms with Crippen molar-refractivity contribution < 1.29 is 24.2 Å². The van der Waals surface area contributed by atoms with E-state index in [0.29, 0.717) is 42.8 Å². The number of benzene rings is 1. The van der Waals surface area contributed by atoms with Gasteiger partial charge in [-0.3, -0.25) is 19.5 Å². The minimum atomic E-state index is -0.819. The van der Waals surface area contributed by atoms with Gasteiger partial charge in [0.25, 0.3) is 11.7 Å². The fraction of sp³-hybridized carbons (Fsp3) is 0.348. The van der Waals surface area contributed by atoms with Gasteiger partial charge in [-0.1, -0.05) is 17.7 Å². The number of pyridine rings is 1. The predicted octanol–water partition coefficient (Wildman–Crippen LogP) is 2.50. The minimum absolute atomic E-state index is 0.0313.